The van der Waals surface area contributed by atoms with Gasteiger partial charge in [0.2, 0.25) is 0 Å². The minimum absolute atomic E-state index is 0.377. The highest BCUT2D eigenvalue weighted by molar-refractivity contribution is 5.87. The maximum atomic E-state index is 5.85. The molecule has 0 aromatic rings. The van der Waals surface area contributed by atoms with Crippen molar-refractivity contribution >= 4 is 5.71 Å². The molecule has 0 spiro atoms. The Morgan fingerprint density at radius 2 is 1.31 bits per heavy atom. The normalized spacial score (nSPS) is 58.3. The van der Waals surface area contributed by atoms with Crippen molar-refractivity contribution in [2.75, 3.05) is 0 Å². The molecular formula is C30H52N2. The fraction of sp³-hybridized carbons (Fsp3) is 0.967. The molecule has 5 saturated carbocycles. The van der Waals surface area contributed by atoms with Crippen molar-refractivity contribution in [2.45, 2.75) is 126 Å². The third kappa shape index (κ3) is 2.73. The van der Waals surface area contributed by atoms with Gasteiger partial charge in [0, 0.05) is 11.6 Å². The summed E-state index contributed by atoms with van der Waals surface area (Å²) in [5.74, 6) is 9.00. The van der Waals surface area contributed by atoms with Gasteiger partial charge in [-0.05, 0) is 121 Å². The third-order valence-electron chi connectivity index (χ3n) is 13.9. The number of hydrazone groups is 1. The molecule has 0 aromatic carbocycles. The molecule has 0 amide bonds. The molecule has 0 aliphatic heterocycles. The van der Waals surface area contributed by atoms with Gasteiger partial charge >= 0.3 is 0 Å². The van der Waals surface area contributed by atoms with Crippen LogP contribution in [-0.4, -0.2) is 5.71 Å². The predicted octanol–water partition coefficient (Wildman–Crippen LogP) is 8.20. The van der Waals surface area contributed by atoms with E-state index in [1.165, 1.54) is 69.9 Å². The Morgan fingerprint density at radius 1 is 0.688 bits per heavy atom. The highest BCUT2D eigenvalue weighted by atomic mass is 15.1. The molecule has 32 heavy (non-hydrogen) atoms. The van der Waals surface area contributed by atoms with Crippen LogP contribution in [0.25, 0.3) is 0 Å². The van der Waals surface area contributed by atoms with Gasteiger partial charge in [0.1, 0.15) is 0 Å². The summed E-state index contributed by atoms with van der Waals surface area (Å²) < 4.78 is 0. The quantitative estimate of drug-likeness (QED) is 0.299. The first kappa shape index (κ1) is 23.2. The van der Waals surface area contributed by atoms with E-state index in [2.05, 4.69) is 60.5 Å². The van der Waals surface area contributed by atoms with Crippen molar-refractivity contribution in [1.29, 1.82) is 0 Å². The van der Waals surface area contributed by atoms with E-state index in [0.29, 0.717) is 38.4 Å². The Hall–Kier alpha value is -0.530. The van der Waals surface area contributed by atoms with Crippen LogP contribution in [0.2, 0.25) is 0 Å². The average molecular weight is 441 g/mol. The van der Waals surface area contributed by atoms with Crippen molar-refractivity contribution in [3.8, 4) is 0 Å². The van der Waals surface area contributed by atoms with Crippen molar-refractivity contribution in [1.82, 2.24) is 0 Å². The number of nitrogens with zero attached hydrogens (tertiary/aromatic N) is 1. The van der Waals surface area contributed by atoms with E-state index in [1.807, 2.05) is 0 Å². The van der Waals surface area contributed by atoms with E-state index in [0.717, 1.165) is 24.2 Å². The molecule has 5 rings (SSSR count). The maximum Gasteiger partial charge on any atom is 0.0409 e. The van der Waals surface area contributed by atoms with Crippen molar-refractivity contribution in [3.05, 3.63) is 0 Å². The Morgan fingerprint density at radius 3 is 2.00 bits per heavy atom. The molecule has 0 unspecified atom stereocenters. The summed E-state index contributed by atoms with van der Waals surface area (Å²) in [4.78, 5) is 0. The molecule has 182 valence electrons. The molecule has 2 nitrogen and oxygen atoms in total. The van der Waals surface area contributed by atoms with Crippen LogP contribution in [0.3, 0.4) is 0 Å². The van der Waals surface area contributed by atoms with Crippen molar-refractivity contribution in [2.24, 2.45) is 67.1 Å². The Bertz CT molecular complexity index is 814. The molecular weight excluding hydrogens is 388 g/mol. The van der Waals surface area contributed by atoms with Crippen LogP contribution in [0.15, 0.2) is 5.10 Å². The fourth-order valence-corrected chi connectivity index (χ4v) is 11.4. The monoisotopic (exact) mass is 440 g/mol. The largest absolute Gasteiger partial charge is 0.323 e. The SMILES string of the molecule is C[C@H]1C(=NN)CC[C@@H]2[C@]1(C)CC[C@H]1[C@@]2(C)CC[C@@]2(C)[C@@H]3CC(C)(C)CC[C@]3(C)CC[C@]12C. The molecule has 0 aromatic heterocycles. The molecule has 5 fully saturated rings. The van der Waals surface area contributed by atoms with E-state index < -0.39 is 0 Å². The molecule has 5 aliphatic carbocycles. The molecule has 0 radical (unpaired) electrons. The highest BCUT2D eigenvalue weighted by Crippen LogP contribution is 2.78. The molecule has 2 heteroatoms. The standard InChI is InChI=1S/C30H52N2/c1-20-21(32-31)9-10-22-27(20,5)12-11-23-28(22,6)16-18-30(8)24-19-25(2,3)13-14-26(24,4)15-17-29(23,30)7/h20,22-24H,9-19,31H2,1-8H3/t20-,22+,23-,24+,26+,27+,28-,29+,30-/m0/s1. The first-order valence-electron chi connectivity index (χ1n) is 14.0. The van der Waals surface area contributed by atoms with Gasteiger partial charge in [-0.2, -0.15) is 5.10 Å². The van der Waals surface area contributed by atoms with Gasteiger partial charge in [-0.3, -0.25) is 0 Å². The number of hydrogen-bond acceptors (Lipinski definition) is 2. The van der Waals surface area contributed by atoms with Gasteiger partial charge in [-0.1, -0.05) is 55.4 Å². The van der Waals surface area contributed by atoms with Crippen LogP contribution in [0.4, 0.5) is 0 Å². The second-order valence-corrected chi connectivity index (χ2v) is 15.4. The van der Waals surface area contributed by atoms with E-state index in [-0.39, 0.29) is 0 Å². The van der Waals surface area contributed by atoms with Crippen LogP contribution >= 0.6 is 0 Å². The minimum atomic E-state index is 0.377. The molecule has 0 heterocycles. The van der Waals surface area contributed by atoms with Crippen LogP contribution in [0.1, 0.15) is 126 Å². The lowest BCUT2D eigenvalue weighted by molar-refractivity contribution is -0.254. The fourth-order valence-electron chi connectivity index (χ4n) is 11.4. The zero-order valence-corrected chi connectivity index (χ0v) is 22.6. The van der Waals surface area contributed by atoms with Gasteiger partial charge in [-0.15, -0.1) is 0 Å². The van der Waals surface area contributed by atoms with E-state index in [4.69, 9.17) is 5.84 Å². The minimum Gasteiger partial charge on any atom is -0.323 e. The van der Waals surface area contributed by atoms with Gasteiger partial charge < -0.3 is 5.84 Å². The summed E-state index contributed by atoms with van der Waals surface area (Å²) in [7, 11) is 0. The third-order valence-corrected chi connectivity index (χ3v) is 13.9. The lowest BCUT2D eigenvalue weighted by Crippen LogP contribution is -2.67. The van der Waals surface area contributed by atoms with E-state index >= 15 is 0 Å². The molecule has 2 N–H and O–H groups in total. The smallest absolute Gasteiger partial charge is 0.0409 e. The lowest BCUT2D eigenvalue weighted by Gasteiger charge is -2.75. The average Bonchev–Trinajstić information content (AvgIpc) is 2.72. The number of rotatable bonds is 0. The summed E-state index contributed by atoms with van der Waals surface area (Å²) in [6.07, 6.45) is 15.4. The van der Waals surface area contributed by atoms with Crippen molar-refractivity contribution in [3.63, 3.8) is 0 Å². The summed E-state index contributed by atoms with van der Waals surface area (Å²) >= 11 is 0. The van der Waals surface area contributed by atoms with Crippen LogP contribution < -0.4 is 5.84 Å². The summed E-state index contributed by atoms with van der Waals surface area (Å²) in [5, 5.41) is 4.26. The van der Waals surface area contributed by atoms with Gasteiger partial charge in [-0.25, -0.2) is 0 Å². The highest BCUT2D eigenvalue weighted by Gasteiger charge is 2.70. The Labute approximate surface area is 198 Å². The zero-order chi connectivity index (χ0) is 23.4. The topological polar surface area (TPSA) is 38.4 Å². The van der Waals surface area contributed by atoms with Gasteiger partial charge in [0.05, 0.1) is 0 Å². The number of nitrogens with two attached hydrogens (primary N) is 1. The molecule has 5 aliphatic rings. The Kier molecular flexibility index (Phi) is 4.92. The predicted molar refractivity (Wildman–Crippen MR) is 136 cm³/mol. The number of fused-ring (bicyclic) bond motifs is 7. The van der Waals surface area contributed by atoms with E-state index in [9.17, 15) is 0 Å². The summed E-state index contributed by atoms with van der Waals surface area (Å²) in [5.41, 5.74) is 4.23. The second kappa shape index (κ2) is 6.78. The molecule has 0 bridgehead atoms. The van der Waals surface area contributed by atoms with Gasteiger partial charge in [0.25, 0.3) is 0 Å². The first-order chi connectivity index (χ1) is 14.8. The van der Waals surface area contributed by atoms with E-state index in [1.54, 1.807) is 0 Å². The Balaban J connectivity index is 1.54. The summed E-state index contributed by atoms with van der Waals surface area (Å²) in [6.45, 7) is 21.1. The second-order valence-electron chi connectivity index (χ2n) is 15.4. The van der Waals surface area contributed by atoms with Crippen molar-refractivity contribution < 1.29 is 0 Å². The van der Waals surface area contributed by atoms with Crippen LogP contribution in [-0.2, 0) is 0 Å². The number of hydrogen-bond donors (Lipinski definition) is 1. The maximum absolute atomic E-state index is 5.85. The lowest BCUT2D eigenvalue weighted by atomic mass is 9.30. The molecule has 9 atom stereocenters. The molecule has 0 saturated heterocycles. The summed E-state index contributed by atoms with van der Waals surface area (Å²) in [6, 6.07) is 0. The zero-order valence-electron chi connectivity index (χ0n) is 22.6. The first-order valence-corrected chi connectivity index (χ1v) is 14.0. The van der Waals surface area contributed by atoms with Crippen LogP contribution in [0, 0.1) is 56.2 Å². The van der Waals surface area contributed by atoms with Crippen LogP contribution in [0.5, 0.6) is 0 Å². The van der Waals surface area contributed by atoms with Gasteiger partial charge in [0.15, 0.2) is 0 Å².